The average Bonchev–Trinajstić information content (AvgIpc) is 2.15. The first-order chi connectivity index (χ1) is 7.24. The van der Waals surface area contributed by atoms with E-state index in [1.807, 2.05) is 0 Å². The van der Waals surface area contributed by atoms with Crippen molar-refractivity contribution in [2.75, 3.05) is 6.54 Å². The van der Waals surface area contributed by atoms with Gasteiger partial charge in [-0.2, -0.15) is 0 Å². The molecule has 1 aromatic rings. The standard InChI is InChI=1S/C8H11NO2.H3O4P/c9-5-8(11)6-1-3-7(10)4-2-6;1-5(2,3)4/h1-4,8,10-11H,5,9H2;(H3,1,2,3,4). The Balaban J connectivity index is 0.000000385. The fraction of sp³-hybridized carbons (Fsp3) is 0.250. The highest BCUT2D eigenvalue weighted by atomic mass is 31.2. The van der Waals surface area contributed by atoms with Crippen LogP contribution in [-0.4, -0.2) is 31.4 Å². The highest BCUT2D eigenvalue weighted by Gasteiger charge is 2.03. The summed E-state index contributed by atoms with van der Waals surface area (Å²) in [5.41, 5.74) is 5.96. The van der Waals surface area contributed by atoms with Gasteiger partial charge >= 0.3 is 7.82 Å². The Hall–Kier alpha value is -0.950. The molecule has 0 fully saturated rings. The summed E-state index contributed by atoms with van der Waals surface area (Å²) in [5, 5.41) is 18.1. The van der Waals surface area contributed by atoms with E-state index in [1.54, 1.807) is 12.1 Å². The van der Waals surface area contributed by atoms with Crippen molar-refractivity contribution in [2.24, 2.45) is 5.73 Å². The lowest BCUT2D eigenvalue weighted by atomic mass is 10.1. The van der Waals surface area contributed by atoms with Crippen molar-refractivity contribution < 1.29 is 29.5 Å². The molecule has 0 saturated heterocycles. The van der Waals surface area contributed by atoms with Crippen molar-refractivity contribution in [1.29, 1.82) is 0 Å². The maximum atomic E-state index is 9.21. The molecule has 16 heavy (non-hydrogen) atoms. The Labute approximate surface area is 92.0 Å². The molecule has 0 amide bonds. The van der Waals surface area contributed by atoms with E-state index >= 15 is 0 Å². The molecule has 8 heteroatoms. The van der Waals surface area contributed by atoms with Gasteiger partial charge in [0.1, 0.15) is 5.75 Å². The van der Waals surface area contributed by atoms with Crippen LogP contribution in [0.15, 0.2) is 24.3 Å². The number of aromatic hydroxyl groups is 1. The van der Waals surface area contributed by atoms with Crippen molar-refractivity contribution in [3.8, 4) is 5.75 Å². The van der Waals surface area contributed by atoms with E-state index in [-0.39, 0.29) is 12.3 Å². The number of phenols is 1. The largest absolute Gasteiger partial charge is 0.508 e. The van der Waals surface area contributed by atoms with E-state index in [1.165, 1.54) is 12.1 Å². The van der Waals surface area contributed by atoms with Gasteiger partial charge in [0, 0.05) is 6.54 Å². The molecule has 7 nitrogen and oxygen atoms in total. The molecule has 0 aliphatic carbocycles. The van der Waals surface area contributed by atoms with Crippen molar-refractivity contribution in [3.63, 3.8) is 0 Å². The van der Waals surface area contributed by atoms with Crippen molar-refractivity contribution >= 4 is 7.82 Å². The maximum absolute atomic E-state index is 9.21. The normalized spacial score (nSPS) is 12.6. The van der Waals surface area contributed by atoms with Crippen LogP contribution in [0.4, 0.5) is 0 Å². The number of phosphoric acid groups is 1. The lowest BCUT2D eigenvalue weighted by Crippen LogP contribution is -2.10. The minimum absolute atomic E-state index is 0.193. The molecule has 1 atom stereocenters. The molecular formula is C8H14NO6P. The van der Waals surface area contributed by atoms with Crippen LogP contribution >= 0.6 is 7.82 Å². The Morgan fingerprint density at radius 3 is 1.88 bits per heavy atom. The SMILES string of the molecule is NCC(O)c1ccc(O)cc1.O=P(O)(O)O. The second-order valence-corrected chi connectivity index (χ2v) is 3.88. The zero-order valence-electron chi connectivity index (χ0n) is 8.26. The Morgan fingerprint density at radius 1 is 1.19 bits per heavy atom. The zero-order valence-corrected chi connectivity index (χ0v) is 9.16. The van der Waals surface area contributed by atoms with Gasteiger partial charge in [-0.05, 0) is 17.7 Å². The minimum atomic E-state index is -4.64. The molecule has 0 saturated carbocycles. The van der Waals surface area contributed by atoms with Crippen LogP contribution in [0.1, 0.15) is 11.7 Å². The van der Waals surface area contributed by atoms with Gasteiger partial charge in [-0.25, -0.2) is 4.57 Å². The second-order valence-electron chi connectivity index (χ2n) is 2.86. The third kappa shape index (κ3) is 8.37. The quantitative estimate of drug-likeness (QED) is 0.387. The topological polar surface area (TPSA) is 144 Å². The molecule has 7 N–H and O–H groups in total. The summed E-state index contributed by atoms with van der Waals surface area (Å²) in [7, 11) is -4.64. The van der Waals surface area contributed by atoms with E-state index in [0.717, 1.165) is 5.56 Å². The fourth-order valence-corrected chi connectivity index (χ4v) is 0.833. The van der Waals surface area contributed by atoms with Crippen molar-refractivity contribution in [2.45, 2.75) is 6.10 Å². The number of hydrogen-bond donors (Lipinski definition) is 6. The van der Waals surface area contributed by atoms with Gasteiger partial charge in [-0.15, -0.1) is 0 Å². The van der Waals surface area contributed by atoms with Crippen LogP contribution in [-0.2, 0) is 4.57 Å². The van der Waals surface area contributed by atoms with Gasteiger partial charge in [0.05, 0.1) is 6.10 Å². The summed E-state index contributed by atoms with van der Waals surface area (Å²) < 4.78 is 8.88. The molecule has 1 aromatic carbocycles. The third-order valence-electron chi connectivity index (χ3n) is 1.50. The van der Waals surface area contributed by atoms with E-state index in [2.05, 4.69) is 0 Å². The molecule has 0 heterocycles. The van der Waals surface area contributed by atoms with Crippen LogP contribution in [0.5, 0.6) is 5.75 Å². The number of nitrogens with two attached hydrogens (primary N) is 1. The lowest BCUT2D eigenvalue weighted by Gasteiger charge is -2.06. The van der Waals surface area contributed by atoms with Crippen molar-refractivity contribution in [1.82, 2.24) is 0 Å². The summed E-state index contributed by atoms with van der Waals surface area (Å²) in [6.45, 7) is 0.199. The Kier molecular flexibility index (Phi) is 6.20. The number of aliphatic hydroxyl groups excluding tert-OH is 1. The van der Waals surface area contributed by atoms with Gasteiger partial charge < -0.3 is 30.6 Å². The van der Waals surface area contributed by atoms with Gasteiger partial charge in [-0.3, -0.25) is 0 Å². The minimum Gasteiger partial charge on any atom is -0.508 e. The van der Waals surface area contributed by atoms with Crippen LogP contribution in [0, 0.1) is 0 Å². The fourth-order valence-electron chi connectivity index (χ4n) is 0.833. The molecular weight excluding hydrogens is 237 g/mol. The number of phenolic OH excluding ortho intramolecular Hbond substituents is 1. The first-order valence-electron chi connectivity index (χ1n) is 4.19. The molecule has 92 valence electrons. The van der Waals surface area contributed by atoms with Crippen LogP contribution in [0.25, 0.3) is 0 Å². The monoisotopic (exact) mass is 251 g/mol. The Bertz CT molecular complexity index is 340. The molecule has 0 bridgehead atoms. The maximum Gasteiger partial charge on any atom is 0.466 e. The summed E-state index contributed by atoms with van der Waals surface area (Å²) >= 11 is 0. The molecule has 0 aliphatic rings. The number of aliphatic hydroxyl groups is 1. The molecule has 1 rings (SSSR count). The smallest absolute Gasteiger partial charge is 0.466 e. The van der Waals surface area contributed by atoms with Crippen LogP contribution in [0.2, 0.25) is 0 Å². The third-order valence-corrected chi connectivity index (χ3v) is 1.50. The number of rotatable bonds is 2. The molecule has 0 radical (unpaired) electrons. The van der Waals surface area contributed by atoms with Gasteiger partial charge in [0.2, 0.25) is 0 Å². The summed E-state index contributed by atoms with van der Waals surface area (Å²) in [4.78, 5) is 21.6. The highest BCUT2D eigenvalue weighted by molar-refractivity contribution is 7.45. The first kappa shape index (κ1) is 15.0. The zero-order chi connectivity index (χ0) is 12.8. The van der Waals surface area contributed by atoms with E-state index in [0.29, 0.717) is 0 Å². The van der Waals surface area contributed by atoms with Crippen molar-refractivity contribution in [3.05, 3.63) is 29.8 Å². The molecule has 1 unspecified atom stereocenters. The molecule has 0 aliphatic heterocycles. The van der Waals surface area contributed by atoms with Crippen LogP contribution in [0.3, 0.4) is 0 Å². The predicted octanol–water partition coefficient (Wildman–Crippen LogP) is -0.544. The summed E-state index contributed by atoms with van der Waals surface area (Å²) in [5.74, 6) is 0.193. The van der Waals surface area contributed by atoms with Gasteiger partial charge in [0.25, 0.3) is 0 Å². The lowest BCUT2D eigenvalue weighted by molar-refractivity contribution is 0.186. The van der Waals surface area contributed by atoms with Gasteiger partial charge in [0.15, 0.2) is 0 Å². The molecule has 0 spiro atoms. The average molecular weight is 251 g/mol. The molecule has 0 aromatic heterocycles. The second kappa shape index (κ2) is 6.59. The van der Waals surface area contributed by atoms with Gasteiger partial charge in [-0.1, -0.05) is 12.1 Å². The Morgan fingerprint density at radius 2 is 1.56 bits per heavy atom. The van der Waals surface area contributed by atoms with E-state index in [9.17, 15) is 5.11 Å². The number of hydrogen-bond acceptors (Lipinski definition) is 4. The first-order valence-corrected chi connectivity index (χ1v) is 5.76. The predicted molar refractivity (Wildman–Crippen MR) is 56.4 cm³/mol. The highest BCUT2D eigenvalue weighted by Crippen LogP contribution is 2.25. The number of benzene rings is 1. The van der Waals surface area contributed by atoms with E-state index < -0.39 is 13.9 Å². The summed E-state index contributed by atoms with van der Waals surface area (Å²) in [6.07, 6.45) is -0.629. The van der Waals surface area contributed by atoms with E-state index in [4.69, 9.17) is 30.1 Å². The summed E-state index contributed by atoms with van der Waals surface area (Å²) in [6, 6.07) is 6.34. The van der Waals surface area contributed by atoms with Crippen LogP contribution < -0.4 is 5.73 Å².